The first-order valence-electron chi connectivity index (χ1n) is 6.72. The van der Waals surface area contributed by atoms with Gasteiger partial charge in [0.1, 0.15) is 0 Å². The second kappa shape index (κ2) is 3.82. The Labute approximate surface area is 107 Å². The zero-order valence-corrected chi connectivity index (χ0v) is 10.3. The number of alkyl halides is 6. The molecular formula is C13H16F6. The lowest BCUT2D eigenvalue weighted by Gasteiger charge is -2.60. The first-order valence-corrected chi connectivity index (χ1v) is 6.72. The van der Waals surface area contributed by atoms with E-state index in [2.05, 4.69) is 0 Å². The molecule has 4 fully saturated rings. The van der Waals surface area contributed by atoms with Crippen LogP contribution < -0.4 is 0 Å². The molecule has 0 radical (unpaired) electrons. The van der Waals surface area contributed by atoms with Crippen molar-refractivity contribution in [2.24, 2.45) is 23.2 Å². The fourth-order valence-corrected chi connectivity index (χ4v) is 5.21. The Morgan fingerprint density at radius 1 is 0.789 bits per heavy atom. The van der Waals surface area contributed by atoms with E-state index in [4.69, 9.17) is 0 Å². The highest BCUT2D eigenvalue weighted by Crippen LogP contribution is 2.68. The third-order valence-electron chi connectivity index (χ3n) is 5.52. The van der Waals surface area contributed by atoms with Gasteiger partial charge in [-0.05, 0) is 56.3 Å². The number of rotatable bonds is 2. The molecule has 4 rings (SSSR count). The van der Waals surface area contributed by atoms with Gasteiger partial charge in [-0.25, -0.2) is 13.2 Å². The molecule has 0 aromatic carbocycles. The van der Waals surface area contributed by atoms with Crippen LogP contribution in [-0.2, 0) is 0 Å². The van der Waals surface area contributed by atoms with E-state index >= 15 is 0 Å². The van der Waals surface area contributed by atoms with Crippen molar-refractivity contribution >= 4 is 0 Å². The molecule has 6 heteroatoms. The number of hydrogen-bond acceptors (Lipinski definition) is 0. The van der Waals surface area contributed by atoms with E-state index in [1.807, 2.05) is 0 Å². The minimum Gasteiger partial charge on any atom is -0.227 e. The Kier molecular flexibility index (Phi) is 2.72. The second-order valence-corrected chi connectivity index (χ2v) is 6.71. The summed E-state index contributed by atoms with van der Waals surface area (Å²) in [7, 11) is 0. The molecule has 0 saturated heterocycles. The summed E-state index contributed by atoms with van der Waals surface area (Å²) in [4.78, 5) is 0. The average Bonchev–Trinajstić information content (AvgIpc) is 2.23. The van der Waals surface area contributed by atoms with Gasteiger partial charge in [-0.2, -0.15) is 13.2 Å². The Hall–Kier alpha value is -0.420. The van der Waals surface area contributed by atoms with Gasteiger partial charge < -0.3 is 0 Å². The van der Waals surface area contributed by atoms with Gasteiger partial charge in [0.25, 0.3) is 12.1 Å². The molecule has 19 heavy (non-hydrogen) atoms. The van der Waals surface area contributed by atoms with Crippen molar-refractivity contribution in [2.45, 2.75) is 56.8 Å². The fraction of sp³-hybridized carbons (Fsp3) is 1.00. The molecule has 1 atom stereocenters. The molecule has 0 nitrogen and oxygen atoms in total. The molecule has 0 aliphatic heterocycles. The Bertz CT molecular complexity index is 339. The van der Waals surface area contributed by atoms with Crippen LogP contribution in [0.1, 0.15) is 38.5 Å². The van der Waals surface area contributed by atoms with Crippen molar-refractivity contribution in [3.8, 4) is 0 Å². The number of hydrogen-bond donors (Lipinski definition) is 0. The van der Waals surface area contributed by atoms with E-state index in [0.29, 0.717) is 0 Å². The van der Waals surface area contributed by atoms with E-state index in [0.717, 1.165) is 19.3 Å². The van der Waals surface area contributed by atoms with Gasteiger partial charge in [0.15, 0.2) is 0 Å². The van der Waals surface area contributed by atoms with Gasteiger partial charge >= 0.3 is 6.18 Å². The van der Waals surface area contributed by atoms with Crippen LogP contribution in [0.15, 0.2) is 0 Å². The summed E-state index contributed by atoms with van der Waals surface area (Å²) < 4.78 is 79.5. The third kappa shape index (κ3) is 1.67. The maximum atomic E-state index is 14.5. The second-order valence-electron chi connectivity index (χ2n) is 6.71. The Balaban J connectivity index is 2.03. The smallest absolute Gasteiger partial charge is 0.227 e. The van der Waals surface area contributed by atoms with E-state index in [1.54, 1.807) is 0 Å². The first kappa shape index (κ1) is 13.6. The highest BCUT2D eigenvalue weighted by atomic mass is 19.4. The van der Waals surface area contributed by atoms with Crippen LogP contribution in [0.3, 0.4) is 0 Å². The van der Waals surface area contributed by atoms with E-state index in [9.17, 15) is 26.3 Å². The minimum absolute atomic E-state index is 0.00229. The molecular weight excluding hydrogens is 270 g/mol. The molecule has 0 heterocycles. The van der Waals surface area contributed by atoms with Gasteiger partial charge in [-0.3, -0.25) is 0 Å². The summed E-state index contributed by atoms with van der Waals surface area (Å²) in [5.41, 5.74) is -6.22. The largest absolute Gasteiger partial charge is 0.428 e. The Morgan fingerprint density at radius 2 is 1.16 bits per heavy atom. The molecule has 0 spiro atoms. The van der Waals surface area contributed by atoms with Crippen LogP contribution in [0, 0.1) is 23.2 Å². The van der Waals surface area contributed by atoms with Crippen molar-refractivity contribution in [1.29, 1.82) is 0 Å². The maximum Gasteiger partial charge on any atom is 0.428 e. The van der Waals surface area contributed by atoms with E-state index in [1.165, 1.54) is 0 Å². The van der Waals surface area contributed by atoms with Gasteiger partial charge in [-0.15, -0.1) is 0 Å². The molecule has 4 aliphatic carbocycles. The summed E-state index contributed by atoms with van der Waals surface area (Å²) in [5.74, 6) is 0.00687. The van der Waals surface area contributed by atoms with Crippen LogP contribution in [-0.4, -0.2) is 18.3 Å². The van der Waals surface area contributed by atoms with E-state index in [-0.39, 0.29) is 37.0 Å². The van der Waals surface area contributed by atoms with Crippen molar-refractivity contribution in [3.05, 3.63) is 0 Å². The van der Waals surface area contributed by atoms with Crippen molar-refractivity contribution < 1.29 is 26.3 Å². The predicted molar refractivity (Wildman–Crippen MR) is 56.5 cm³/mol. The summed E-state index contributed by atoms with van der Waals surface area (Å²) in [6.45, 7) is 0. The predicted octanol–water partition coefficient (Wildman–Crippen LogP) is 4.74. The highest BCUT2D eigenvalue weighted by molar-refractivity contribution is 5.14. The summed E-state index contributed by atoms with van der Waals surface area (Å²) >= 11 is 0. The van der Waals surface area contributed by atoms with Gasteiger partial charge in [0.2, 0.25) is 0 Å². The monoisotopic (exact) mass is 286 g/mol. The molecule has 4 bridgehead atoms. The lowest BCUT2D eigenvalue weighted by Crippen LogP contribution is -2.65. The third-order valence-corrected chi connectivity index (χ3v) is 5.52. The quantitative estimate of drug-likeness (QED) is 0.643. The molecule has 4 aliphatic rings. The fourth-order valence-electron chi connectivity index (χ4n) is 5.21. The molecule has 110 valence electrons. The zero-order chi connectivity index (χ0) is 14.1. The molecule has 0 N–H and O–H groups in total. The van der Waals surface area contributed by atoms with Crippen LogP contribution in [0.5, 0.6) is 0 Å². The molecule has 4 saturated carbocycles. The minimum atomic E-state index is -5.49. The van der Waals surface area contributed by atoms with Crippen LogP contribution in [0.4, 0.5) is 26.3 Å². The van der Waals surface area contributed by atoms with Crippen LogP contribution in [0.25, 0.3) is 0 Å². The van der Waals surface area contributed by atoms with Gasteiger partial charge in [0.05, 0.1) is 0 Å². The summed E-state index contributed by atoms with van der Waals surface area (Å²) in [5, 5.41) is 0. The zero-order valence-electron chi connectivity index (χ0n) is 10.3. The average molecular weight is 286 g/mol. The maximum absolute atomic E-state index is 14.5. The lowest BCUT2D eigenvalue weighted by atomic mass is 9.45. The normalized spacial score (nSPS) is 44.7. The molecule has 0 aromatic heterocycles. The van der Waals surface area contributed by atoms with Crippen molar-refractivity contribution in [1.82, 2.24) is 0 Å². The molecule has 0 amide bonds. The highest BCUT2D eigenvalue weighted by Gasteiger charge is 2.75. The molecule has 0 aromatic rings. The molecule has 1 unspecified atom stereocenters. The van der Waals surface area contributed by atoms with E-state index < -0.39 is 23.7 Å². The summed E-state index contributed by atoms with van der Waals surface area (Å²) in [6, 6.07) is 0. The Morgan fingerprint density at radius 3 is 1.42 bits per heavy atom. The van der Waals surface area contributed by atoms with Crippen molar-refractivity contribution in [3.63, 3.8) is 0 Å². The van der Waals surface area contributed by atoms with Gasteiger partial charge in [0, 0.05) is 5.41 Å². The van der Waals surface area contributed by atoms with Crippen molar-refractivity contribution in [2.75, 3.05) is 0 Å². The first-order chi connectivity index (χ1) is 8.68. The standard InChI is InChI=1S/C13H16F6/c14-10(15)12(16,13(17,18)19)11-4-7-1-8(5-11)3-9(2-7)6-11/h7-10H,1-6H2. The topological polar surface area (TPSA) is 0 Å². The SMILES string of the molecule is FC(F)C(F)(C(F)(F)F)C12CC3CC(CC(C3)C1)C2. The number of halogens is 6. The van der Waals surface area contributed by atoms with Crippen LogP contribution in [0.2, 0.25) is 0 Å². The van der Waals surface area contributed by atoms with Gasteiger partial charge in [-0.1, -0.05) is 0 Å². The summed E-state index contributed by atoms with van der Waals surface area (Å²) in [6.07, 6.45) is -7.21. The van der Waals surface area contributed by atoms with Crippen LogP contribution >= 0.6 is 0 Å². The lowest BCUT2D eigenvalue weighted by molar-refractivity contribution is -0.330.